The molecular weight excluding hydrogens is 486 g/mol. The summed E-state index contributed by atoms with van der Waals surface area (Å²) in [6.45, 7) is 1.33. The van der Waals surface area contributed by atoms with Crippen LogP contribution in [-0.2, 0) is 15.1 Å². The van der Waals surface area contributed by atoms with E-state index in [-0.39, 0.29) is 23.9 Å². The third-order valence-electron chi connectivity index (χ3n) is 7.72. The average Bonchev–Trinajstić information content (AvgIpc) is 3.34. The molecule has 0 spiro atoms. The van der Waals surface area contributed by atoms with Crippen molar-refractivity contribution in [2.45, 2.75) is 55.9 Å². The highest BCUT2D eigenvalue weighted by atomic mass is 16.5. The maximum atomic E-state index is 13.6. The monoisotopic (exact) mass is 519 g/mol. The number of ether oxygens (including phenoxy) is 2. The first-order valence-corrected chi connectivity index (χ1v) is 12.9. The molecule has 0 aromatic carbocycles. The molecule has 2 aliphatic carbocycles. The predicted octanol–water partition coefficient (Wildman–Crippen LogP) is 3.13. The van der Waals surface area contributed by atoms with Crippen molar-refractivity contribution < 1.29 is 19.1 Å². The first-order chi connectivity index (χ1) is 18.4. The van der Waals surface area contributed by atoms with Crippen LogP contribution in [0.25, 0.3) is 0 Å². The molecule has 2 amide bonds. The molecule has 2 atom stereocenters. The Morgan fingerprint density at radius 2 is 2.16 bits per heavy atom. The van der Waals surface area contributed by atoms with Gasteiger partial charge in [0.15, 0.2) is 6.29 Å². The zero-order valence-electron chi connectivity index (χ0n) is 21.9. The second-order valence-corrected chi connectivity index (χ2v) is 10.4. The fraction of sp³-hybridized carbons (Fsp3) is 0.519. The van der Waals surface area contributed by atoms with Crippen LogP contribution in [0.15, 0.2) is 24.4 Å². The summed E-state index contributed by atoms with van der Waals surface area (Å²) in [5, 5.41) is 15.9. The van der Waals surface area contributed by atoms with Crippen molar-refractivity contribution >= 4 is 29.6 Å². The first-order valence-electron chi connectivity index (χ1n) is 12.9. The molecule has 4 aliphatic rings. The van der Waals surface area contributed by atoms with Gasteiger partial charge >= 0.3 is 6.03 Å². The van der Waals surface area contributed by atoms with E-state index in [4.69, 9.17) is 9.47 Å². The largest absolute Gasteiger partial charge is 0.379 e. The summed E-state index contributed by atoms with van der Waals surface area (Å²) in [6.07, 6.45) is 6.42. The van der Waals surface area contributed by atoms with Gasteiger partial charge in [0, 0.05) is 50.4 Å². The molecule has 0 saturated heterocycles. The van der Waals surface area contributed by atoms with Crippen molar-refractivity contribution in [2.24, 2.45) is 0 Å². The number of nitrogens with zero attached hydrogens (tertiary/aromatic N) is 5. The Morgan fingerprint density at radius 3 is 2.87 bits per heavy atom. The number of urea groups is 1. The van der Waals surface area contributed by atoms with Crippen LogP contribution < -0.4 is 15.5 Å². The van der Waals surface area contributed by atoms with E-state index < -0.39 is 11.6 Å². The lowest BCUT2D eigenvalue weighted by Gasteiger charge is -2.56. The van der Waals surface area contributed by atoms with Crippen molar-refractivity contribution in [1.29, 1.82) is 5.26 Å². The van der Waals surface area contributed by atoms with E-state index in [1.54, 1.807) is 24.1 Å². The van der Waals surface area contributed by atoms with Gasteiger partial charge in [-0.05, 0) is 39.4 Å². The summed E-state index contributed by atoms with van der Waals surface area (Å²) in [7, 11) is 5.67. The number of hydrogen-bond acceptors (Lipinski definition) is 9. The number of aldehydes is 1. The Bertz CT molecular complexity index is 1250. The highest BCUT2D eigenvalue weighted by Gasteiger charge is 2.57. The van der Waals surface area contributed by atoms with Crippen molar-refractivity contribution in [3.05, 3.63) is 41.2 Å². The third-order valence-corrected chi connectivity index (χ3v) is 7.72. The number of likely N-dealkylation sites (N-methyl/N-ethyl adjacent to an activating group) is 1. The number of hydrogen-bond donors (Lipinski definition) is 2. The molecule has 2 unspecified atom stereocenters. The quantitative estimate of drug-likeness (QED) is 0.479. The molecule has 2 N–H and O–H groups in total. The molecule has 2 fully saturated rings. The fourth-order valence-electron chi connectivity index (χ4n) is 5.70. The molecular formula is C27H33N7O4. The molecule has 200 valence electrons. The molecule has 2 aliphatic heterocycles. The highest BCUT2D eigenvalue weighted by molar-refractivity contribution is 6.03. The van der Waals surface area contributed by atoms with E-state index in [0.29, 0.717) is 48.6 Å². The van der Waals surface area contributed by atoms with Crippen molar-refractivity contribution in [2.75, 3.05) is 49.9 Å². The van der Waals surface area contributed by atoms with Gasteiger partial charge in [-0.25, -0.2) is 14.8 Å². The summed E-state index contributed by atoms with van der Waals surface area (Å²) in [6, 6.07) is 6.91. The van der Waals surface area contributed by atoms with Crippen LogP contribution in [0.5, 0.6) is 0 Å². The Morgan fingerprint density at radius 1 is 1.34 bits per heavy atom. The molecule has 38 heavy (non-hydrogen) atoms. The lowest BCUT2D eigenvalue weighted by molar-refractivity contribution is -0.123. The number of nitriles is 1. The van der Waals surface area contributed by atoms with Crippen LogP contribution in [0.1, 0.15) is 53.7 Å². The van der Waals surface area contributed by atoms with Crippen molar-refractivity contribution in [3.63, 3.8) is 0 Å². The molecule has 2 aromatic rings. The van der Waals surface area contributed by atoms with E-state index in [2.05, 4.69) is 31.6 Å². The van der Waals surface area contributed by atoms with Crippen LogP contribution in [-0.4, -0.2) is 79.7 Å². The minimum absolute atomic E-state index is 0.0644. The van der Waals surface area contributed by atoms with E-state index >= 15 is 0 Å². The summed E-state index contributed by atoms with van der Waals surface area (Å²) >= 11 is 0. The predicted molar refractivity (Wildman–Crippen MR) is 141 cm³/mol. The highest BCUT2D eigenvalue weighted by Crippen LogP contribution is 2.55. The average molecular weight is 520 g/mol. The van der Waals surface area contributed by atoms with E-state index in [1.807, 2.05) is 20.2 Å². The van der Waals surface area contributed by atoms with Gasteiger partial charge in [0.05, 0.1) is 30.0 Å². The molecule has 2 aromatic heterocycles. The maximum Gasteiger partial charge on any atom is 0.328 e. The number of aromatic nitrogens is 2. The van der Waals surface area contributed by atoms with Gasteiger partial charge in [0.2, 0.25) is 0 Å². The lowest BCUT2D eigenvalue weighted by atomic mass is 9.67. The molecule has 2 saturated carbocycles. The van der Waals surface area contributed by atoms with E-state index in [1.165, 1.54) is 6.20 Å². The number of amides is 2. The van der Waals surface area contributed by atoms with Gasteiger partial charge in [0.25, 0.3) is 0 Å². The second kappa shape index (κ2) is 10.6. The Balaban J connectivity index is 1.38. The third kappa shape index (κ3) is 4.82. The van der Waals surface area contributed by atoms with E-state index in [0.717, 1.165) is 31.4 Å². The zero-order valence-corrected chi connectivity index (χ0v) is 21.9. The van der Waals surface area contributed by atoms with Gasteiger partial charge in [-0.1, -0.05) is 6.07 Å². The van der Waals surface area contributed by atoms with Gasteiger partial charge in [-0.3, -0.25) is 15.0 Å². The number of rotatable bonds is 9. The Labute approximate surface area is 222 Å². The smallest absolute Gasteiger partial charge is 0.328 e. The molecule has 6 rings (SSSR count). The number of nitrogens with one attached hydrogen (secondary N) is 2. The van der Waals surface area contributed by atoms with E-state index in [9.17, 15) is 14.9 Å². The molecule has 0 radical (unpaired) electrons. The van der Waals surface area contributed by atoms with Gasteiger partial charge in [-0.15, -0.1) is 0 Å². The standard InChI is InChI=1S/C27H33N7O4/c1-33(2)9-10-38-27-12-19(13-27)34(25-20(27)8-7-18(16-35)30-25)26(36)32-24-11-22(17(14-28)15-29-24)31-21-5-4-6-23(21)37-3/h7-8,11,15-16,19,21,23H,4-6,9-10,12-13H2,1-3H3,(H2,29,31,32,36). The molecule has 4 heterocycles. The molecule has 11 nitrogen and oxygen atoms in total. The minimum Gasteiger partial charge on any atom is -0.379 e. The van der Waals surface area contributed by atoms with Crippen LogP contribution >= 0.6 is 0 Å². The number of methoxy groups -OCH3 is 1. The SMILES string of the molecule is COC1CCCC1Nc1cc(NC(=O)N2c3nc(C=O)ccc3C3(OCCN(C)C)CC2C3)ncc1C#N. The number of anilines is 3. The van der Waals surface area contributed by atoms with Crippen LogP contribution in [0.4, 0.5) is 22.1 Å². The molecule has 2 bridgehead atoms. The second-order valence-electron chi connectivity index (χ2n) is 10.4. The normalized spacial score (nSPS) is 25.3. The maximum absolute atomic E-state index is 13.6. The van der Waals surface area contributed by atoms with Gasteiger partial charge < -0.3 is 19.7 Å². The topological polar surface area (TPSA) is 133 Å². The molecule has 11 heteroatoms. The van der Waals surface area contributed by atoms with Gasteiger partial charge in [-0.2, -0.15) is 5.26 Å². The fourth-order valence-corrected chi connectivity index (χ4v) is 5.70. The van der Waals surface area contributed by atoms with Crippen LogP contribution in [0.3, 0.4) is 0 Å². The minimum atomic E-state index is -0.510. The van der Waals surface area contributed by atoms with Crippen molar-refractivity contribution in [1.82, 2.24) is 14.9 Å². The summed E-state index contributed by atoms with van der Waals surface area (Å²) in [5.74, 6) is 0.746. The summed E-state index contributed by atoms with van der Waals surface area (Å²) in [4.78, 5) is 37.5. The number of carbonyl (C=O) groups is 2. The first kappa shape index (κ1) is 26.0. The van der Waals surface area contributed by atoms with Crippen LogP contribution in [0, 0.1) is 11.3 Å². The van der Waals surface area contributed by atoms with Crippen molar-refractivity contribution in [3.8, 4) is 6.07 Å². The summed E-state index contributed by atoms with van der Waals surface area (Å²) < 4.78 is 11.9. The van der Waals surface area contributed by atoms with Gasteiger partial charge in [0.1, 0.15) is 29.0 Å². The Hall–Kier alpha value is -3.59. The zero-order chi connectivity index (χ0) is 26.9. The lowest BCUT2D eigenvalue weighted by Crippen LogP contribution is -2.62. The number of carbonyl (C=O) groups excluding carboxylic acids is 2. The summed E-state index contributed by atoms with van der Waals surface area (Å²) in [5.41, 5.74) is 1.54. The number of pyridine rings is 2. The Kier molecular flexibility index (Phi) is 7.29. The van der Waals surface area contributed by atoms with Crippen LogP contribution in [0.2, 0.25) is 0 Å².